The van der Waals surface area contributed by atoms with Crippen molar-refractivity contribution < 1.29 is 0 Å². The van der Waals surface area contributed by atoms with Crippen molar-refractivity contribution in [1.29, 1.82) is 0 Å². The van der Waals surface area contributed by atoms with E-state index in [1.807, 2.05) is 122 Å². The van der Waals surface area contributed by atoms with Gasteiger partial charge in [-0.25, -0.2) is 29.9 Å². The molecule has 0 unspecified atom stereocenters. The van der Waals surface area contributed by atoms with Crippen molar-refractivity contribution in [2.75, 3.05) is 0 Å². The molecule has 1 spiro atoms. The highest BCUT2D eigenvalue weighted by molar-refractivity contribution is 5.96. The molecule has 4 aliphatic carbocycles. The topological polar surface area (TPSA) is 129 Å². The Balaban J connectivity index is 0.000000112. The fourth-order valence-electron chi connectivity index (χ4n) is 21.9. The minimum atomic E-state index is -0.520. The Morgan fingerprint density at radius 2 is 0.404 bits per heavy atom. The van der Waals surface area contributed by atoms with Gasteiger partial charge in [-0.15, -0.1) is 0 Å². The van der Waals surface area contributed by atoms with Crippen molar-refractivity contribution >= 4 is 0 Å². The van der Waals surface area contributed by atoms with E-state index in [0.717, 1.165) is 129 Å². The summed E-state index contributed by atoms with van der Waals surface area (Å²) in [7, 11) is 0. The van der Waals surface area contributed by atoms with Crippen LogP contribution in [0.1, 0.15) is 66.8 Å². The Hall–Kier alpha value is -18.6. The standard InChI is InChI=1S/C46H31N3.C45H28N4.C40H27N3/c1-5-14-32(15-6-1)34-18-13-19-36(28-34)45-48-43(33-16-7-2-8-17-33)30-44(49-45)35-24-25-39-40-31-47-27-26-41(40)46(42(39)29-35,37-20-9-3-10-21-37)38-22-11-4-12-23-38;1-3-12-29(13-4-1)40-28-41(49-44(48-40)30-14-5-2-6-15-30)33-17-9-16-31(26-33)32-22-23-35-34-18-7-8-19-36(34)45(39(35)27-32)37-20-10-24-46-42(37)43-38(45)21-11-25-47-43;1-5-13-28(14-6-1)37-26-38(43-39(42-37)29-15-7-2-8-16-29)30-21-22-33-34-27-41-24-23-35(34)40(36(33)25-30,31-17-9-3-10-18-31)32-19-11-4-12-20-32/h1-31H;1-28H;1-27H. The van der Waals surface area contributed by atoms with E-state index in [4.69, 9.17) is 39.9 Å². The van der Waals surface area contributed by atoms with Crippen LogP contribution < -0.4 is 0 Å². The van der Waals surface area contributed by atoms with Crippen molar-refractivity contribution in [1.82, 2.24) is 49.8 Å². The number of rotatable bonds is 15. The maximum atomic E-state index is 5.28. The van der Waals surface area contributed by atoms with E-state index >= 15 is 0 Å². The zero-order chi connectivity index (χ0) is 93.6. The quantitative estimate of drug-likeness (QED) is 0.0978. The summed E-state index contributed by atoms with van der Waals surface area (Å²) in [6.45, 7) is 0. The summed E-state index contributed by atoms with van der Waals surface area (Å²) in [6, 6.07) is 171. The molecule has 141 heavy (non-hydrogen) atoms. The van der Waals surface area contributed by atoms with E-state index in [2.05, 4.69) is 410 Å². The van der Waals surface area contributed by atoms with Crippen LogP contribution in [-0.4, -0.2) is 49.8 Å². The molecule has 27 rings (SSSR count). The summed E-state index contributed by atoms with van der Waals surface area (Å²) >= 11 is 0. The lowest BCUT2D eigenvalue weighted by Crippen LogP contribution is -2.28. The molecule has 16 aromatic carbocycles. The number of nitrogens with zero attached hydrogens (tertiary/aromatic N) is 10. The van der Waals surface area contributed by atoms with Gasteiger partial charge in [0, 0.05) is 98.4 Å². The van der Waals surface area contributed by atoms with E-state index in [9.17, 15) is 0 Å². The van der Waals surface area contributed by atoms with E-state index in [0.29, 0.717) is 17.5 Å². The van der Waals surface area contributed by atoms with Gasteiger partial charge >= 0.3 is 0 Å². The molecule has 0 atom stereocenters. The molecule has 7 heterocycles. The fourth-order valence-corrected chi connectivity index (χ4v) is 21.9. The average molecular weight is 1800 g/mol. The molecule has 0 saturated carbocycles. The summed E-state index contributed by atoms with van der Waals surface area (Å²) < 4.78 is 0. The molecule has 0 fully saturated rings. The molecule has 7 aromatic heterocycles. The molecule has 0 amide bonds. The van der Waals surface area contributed by atoms with Crippen LogP contribution >= 0.6 is 0 Å². The number of pyridine rings is 4. The normalized spacial score (nSPS) is 12.9. The van der Waals surface area contributed by atoms with Gasteiger partial charge in [-0.1, -0.05) is 413 Å². The van der Waals surface area contributed by atoms with Gasteiger partial charge in [-0.05, 0) is 184 Å². The van der Waals surface area contributed by atoms with Gasteiger partial charge in [0.2, 0.25) is 0 Å². The molecule has 660 valence electrons. The highest BCUT2D eigenvalue weighted by Crippen LogP contribution is 2.64. The first-order valence-electron chi connectivity index (χ1n) is 47.7. The number of hydrogen-bond acceptors (Lipinski definition) is 10. The predicted octanol–water partition coefficient (Wildman–Crippen LogP) is 30.4. The maximum absolute atomic E-state index is 5.28. The lowest BCUT2D eigenvalue weighted by Gasteiger charge is -2.34. The van der Waals surface area contributed by atoms with Gasteiger partial charge in [0.05, 0.1) is 61.8 Å². The minimum absolute atomic E-state index is 0.492. The van der Waals surface area contributed by atoms with Crippen LogP contribution in [0, 0.1) is 0 Å². The lowest BCUT2D eigenvalue weighted by atomic mass is 9.67. The van der Waals surface area contributed by atoms with E-state index in [-0.39, 0.29) is 0 Å². The van der Waals surface area contributed by atoms with Crippen LogP contribution in [0.4, 0.5) is 0 Å². The van der Waals surface area contributed by atoms with Crippen molar-refractivity contribution in [2.24, 2.45) is 0 Å². The van der Waals surface area contributed by atoms with Gasteiger partial charge in [-0.3, -0.25) is 19.9 Å². The number of fused-ring (bicyclic) bond motifs is 16. The van der Waals surface area contributed by atoms with Gasteiger partial charge in [0.15, 0.2) is 17.5 Å². The van der Waals surface area contributed by atoms with Crippen LogP contribution in [0.25, 0.3) is 169 Å². The van der Waals surface area contributed by atoms with Gasteiger partial charge in [0.1, 0.15) is 0 Å². The Morgan fingerprint density at radius 3 is 0.816 bits per heavy atom. The average Bonchev–Trinajstić information content (AvgIpc) is 1.51. The van der Waals surface area contributed by atoms with Crippen LogP contribution in [0.3, 0.4) is 0 Å². The van der Waals surface area contributed by atoms with Crippen molar-refractivity contribution in [3.8, 4) is 169 Å². The number of benzene rings is 16. The summed E-state index contributed by atoms with van der Waals surface area (Å²) in [4.78, 5) is 49.6. The lowest BCUT2D eigenvalue weighted by molar-refractivity contribution is 0.767. The van der Waals surface area contributed by atoms with Gasteiger partial charge < -0.3 is 0 Å². The largest absolute Gasteiger partial charge is 0.264 e. The van der Waals surface area contributed by atoms with Crippen molar-refractivity contribution in [3.05, 3.63) is 589 Å². The van der Waals surface area contributed by atoms with Crippen molar-refractivity contribution in [2.45, 2.75) is 16.2 Å². The molecular formula is C131H86N10. The Labute approximate surface area is 818 Å². The second kappa shape index (κ2) is 35.9. The molecule has 0 N–H and O–H groups in total. The van der Waals surface area contributed by atoms with E-state index in [1.54, 1.807) is 0 Å². The molecule has 0 aliphatic heterocycles. The molecule has 23 aromatic rings. The first kappa shape index (κ1) is 84.1. The first-order valence-corrected chi connectivity index (χ1v) is 47.7. The third-order valence-corrected chi connectivity index (χ3v) is 28.2. The zero-order valence-corrected chi connectivity index (χ0v) is 76.6. The molecule has 10 nitrogen and oxygen atoms in total. The SMILES string of the molecule is c1ccc(-c2cc(-c3ccc4c(c3)C(c3ccccc3)(c3ccccc3)c3ccncc3-4)nc(-c3ccccc3)n2)cc1.c1ccc(-c2cc(-c3cccc(-c4ccc5c(c4)C4(c6ccccc6-5)c5cccnc5-c5ncccc54)c3)nc(-c3ccccc3)n2)cc1.c1ccc(-c2cccc(-c3nc(-c4ccccc4)cc(-c4ccc5c(c4)C(c4ccccc4)(c4ccccc4)c4ccncc4-5)n3)c2)cc1. The van der Waals surface area contributed by atoms with Crippen molar-refractivity contribution in [3.63, 3.8) is 0 Å². The third-order valence-electron chi connectivity index (χ3n) is 28.2. The van der Waals surface area contributed by atoms with E-state index in [1.165, 1.54) is 89.0 Å². The maximum Gasteiger partial charge on any atom is 0.160 e. The molecule has 0 bridgehead atoms. The molecule has 0 saturated heterocycles. The molecular weight excluding hydrogens is 1710 g/mol. The minimum Gasteiger partial charge on any atom is -0.264 e. The van der Waals surface area contributed by atoms with Crippen LogP contribution in [0.2, 0.25) is 0 Å². The summed E-state index contributed by atoms with van der Waals surface area (Å²) in [5.74, 6) is 2.11. The monoisotopic (exact) mass is 1800 g/mol. The third kappa shape index (κ3) is 14.7. The number of hydrogen-bond donors (Lipinski definition) is 0. The van der Waals surface area contributed by atoms with Gasteiger partial charge in [-0.2, -0.15) is 0 Å². The summed E-state index contributed by atoms with van der Waals surface area (Å²) in [5.41, 5.74) is 41.5. The first-order chi connectivity index (χ1) is 69.9. The zero-order valence-electron chi connectivity index (χ0n) is 76.6. The molecule has 0 radical (unpaired) electrons. The predicted molar refractivity (Wildman–Crippen MR) is 568 cm³/mol. The fraction of sp³-hybridized carbons (Fsp3) is 0.0229. The Morgan fingerprint density at radius 1 is 0.142 bits per heavy atom. The molecule has 10 heteroatoms. The van der Waals surface area contributed by atoms with Crippen LogP contribution in [0.15, 0.2) is 522 Å². The smallest absolute Gasteiger partial charge is 0.160 e. The second-order valence-electron chi connectivity index (χ2n) is 35.9. The Bertz CT molecular complexity index is 8380. The molecule has 4 aliphatic rings. The highest BCUT2D eigenvalue weighted by atomic mass is 14.9. The van der Waals surface area contributed by atoms with Crippen LogP contribution in [0.5, 0.6) is 0 Å². The summed E-state index contributed by atoms with van der Waals surface area (Å²) in [6.07, 6.45) is 11.6. The second-order valence-corrected chi connectivity index (χ2v) is 35.9. The number of aromatic nitrogens is 10. The summed E-state index contributed by atoms with van der Waals surface area (Å²) in [5, 5.41) is 0. The van der Waals surface area contributed by atoms with Crippen LogP contribution in [-0.2, 0) is 16.2 Å². The Kier molecular flexibility index (Phi) is 21.4. The van der Waals surface area contributed by atoms with Gasteiger partial charge in [0.25, 0.3) is 0 Å². The highest BCUT2D eigenvalue weighted by Gasteiger charge is 2.54. The van der Waals surface area contributed by atoms with E-state index < -0.39 is 16.2 Å².